The summed E-state index contributed by atoms with van der Waals surface area (Å²) >= 11 is 0. The zero-order valence-corrected chi connectivity index (χ0v) is 15.0. The van der Waals surface area contributed by atoms with Crippen LogP contribution in [-0.2, 0) is 10.0 Å². The van der Waals surface area contributed by atoms with Gasteiger partial charge in [-0.05, 0) is 63.5 Å². The van der Waals surface area contributed by atoms with E-state index in [1.807, 2.05) is 0 Å². The smallest absolute Gasteiger partial charge is 0.243 e. The van der Waals surface area contributed by atoms with E-state index < -0.39 is 15.8 Å². The van der Waals surface area contributed by atoms with Gasteiger partial charge in [0.1, 0.15) is 5.82 Å². The molecule has 1 unspecified atom stereocenters. The molecular formula is C17H26FN3O2S. The van der Waals surface area contributed by atoms with Crippen molar-refractivity contribution in [3.05, 3.63) is 29.6 Å². The Labute approximate surface area is 143 Å². The highest BCUT2D eigenvalue weighted by atomic mass is 32.2. The molecule has 3 rings (SSSR count). The van der Waals surface area contributed by atoms with Crippen LogP contribution in [0.25, 0.3) is 0 Å². The molecule has 0 amide bonds. The summed E-state index contributed by atoms with van der Waals surface area (Å²) in [5.74, 6) is -0.472. The van der Waals surface area contributed by atoms with Crippen LogP contribution in [0, 0.1) is 12.7 Å². The van der Waals surface area contributed by atoms with Crippen LogP contribution in [0.5, 0.6) is 0 Å². The van der Waals surface area contributed by atoms with E-state index in [0.717, 1.165) is 38.7 Å². The van der Waals surface area contributed by atoms with Gasteiger partial charge in [0.2, 0.25) is 10.0 Å². The van der Waals surface area contributed by atoms with E-state index in [9.17, 15) is 12.8 Å². The quantitative estimate of drug-likeness (QED) is 0.842. The van der Waals surface area contributed by atoms with Crippen molar-refractivity contribution < 1.29 is 12.8 Å². The molecule has 0 aliphatic carbocycles. The Kier molecular flexibility index (Phi) is 5.54. The average molecular weight is 355 g/mol. The number of aryl methyl sites for hydroxylation is 1. The topological polar surface area (TPSA) is 52.7 Å². The number of nitrogens with zero attached hydrogens (tertiary/aromatic N) is 2. The number of hydrogen-bond donors (Lipinski definition) is 1. The van der Waals surface area contributed by atoms with Gasteiger partial charge in [0.05, 0.1) is 4.90 Å². The lowest BCUT2D eigenvalue weighted by atomic mass is 10.2. The summed E-state index contributed by atoms with van der Waals surface area (Å²) in [7, 11) is -3.69. The maximum Gasteiger partial charge on any atom is 0.243 e. The summed E-state index contributed by atoms with van der Waals surface area (Å²) in [5, 5.41) is 3.23. The van der Waals surface area contributed by atoms with E-state index >= 15 is 0 Å². The molecule has 1 aromatic rings. The van der Waals surface area contributed by atoms with E-state index in [1.54, 1.807) is 11.2 Å². The molecule has 2 aliphatic heterocycles. The van der Waals surface area contributed by atoms with Crippen molar-refractivity contribution in [3.63, 3.8) is 0 Å². The van der Waals surface area contributed by atoms with Gasteiger partial charge < -0.3 is 10.2 Å². The zero-order chi connectivity index (χ0) is 17.2. The van der Waals surface area contributed by atoms with E-state index in [-0.39, 0.29) is 10.9 Å². The molecule has 1 aromatic carbocycles. The standard InChI is InChI=1S/C17H26FN3O2S/c1-14-4-5-16(12-17(14)18)24(22,23)21(15-6-7-19-13-15)11-10-20-8-2-3-9-20/h4-5,12,15,19H,2-3,6-11,13H2,1H3. The van der Waals surface area contributed by atoms with E-state index in [1.165, 1.54) is 25.0 Å². The summed E-state index contributed by atoms with van der Waals surface area (Å²) in [6.45, 7) is 6.40. The number of rotatable bonds is 6. The molecule has 2 aliphatic rings. The van der Waals surface area contributed by atoms with Crippen LogP contribution in [0.1, 0.15) is 24.8 Å². The van der Waals surface area contributed by atoms with Crippen LogP contribution < -0.4 is 5.32 Å². The molecule has 2 heterocycles. The van der Waals surface area contributed by atoms with Gasteiger partial charge in [-0.25, -0.2) is 12.8 Å². The van der Waals surface area contributed by atoms with Crippen molar-refractivity contribution in [1.82, 2.24) is 14.5 Å². The maximum absolute atomic E-state index is 13.9. The molecule has 1 N–H and O–H groups in total. The second-order valence-corrected chi connectivity index (χ2v) is 8.61. The first-order chi connectivity index (χ1) is 11.5. The molecular weight excluding hydrogens is 329 g/mol. The molecule has 2 fully saturated rings. The van der Waals surface area contributed by atoms with Gasteiger partial charge in [-0.1, -0.05) is 6.07 Å². The number of hydrogen-bond acceptors (Lipinski definition) is 4. The van der Waals surface area contributed by atoms with Crippen LogP contribution in [0.4, 0.5) is 4.39 Å². The van der Waals surface area contributed by atoms with Crippen molar-refractivity contribution in [2.45, 2.75) is 37.1 Å². The minimum atomic E-state index is -3.69. The van der Waals surface area contributed by atoms with E-state index in [0.29, 0.717) is 18.7 Å². The van der Waals surface area contributed by atoms with Crippen LogP contribution in [0.15, 0.2) is 23.1 Å². The predicted molar refractivity (Wildman–Crippen MR) is 92.0 cm³/mol. The third-order valence-corrected chi connectivity index (χ3v) is 6.97. The van der Waals surface area contributed by atoms with Gasteiger partial charge in [-0.2, -0.15) is 4.31 Å². The number of halogens is 1. The number of benzene rings is 1. The second-order valence-electron chi connectivity index (χ2n) is 6.72. The summed E-state index contributed by atoms with van der Waals surface area (Å²) < 4.78 is 41.7. The molecule has 134 valence electrons. The molecule has 5 nitrogen and oxygen atoms in total. The summed E-state index contributed by atoms with van der Waals surface area (Å²) in [6, 6.07) is 4.14. The van der Waals surface area contributed by atoms with Gasteiger partial charge in [-0.15, -0.1) is 0 Å². The molecule has 0 aromatic heterocycles. The Morgan fingerprint density at radius 1 is 1.33 bits per heavy atom. The van der Waals surface area contributed by atoms with Crippen LogP contribution >= 0.6 is 0 Å². The van der Waals surface area contributed by atoms with Crippen molar-refractivity contribution in [2.24, 2.45) is 0 Å². The first-order valence-electron chi connectivity index (χ1n) is 8.69. The van der Waals surface area contributed by atoms with Crippen LogP contribution in [0.3, 0.4) is 0 Å². The number of sulfonamides is 1. The normalized spacial score (nSPS) is 22.5. The summed E-state index contributed by atoms with van der Waals surface area (Å²) in [4.78, 5) is 2.36. The van der Waals surface area contributed by atoms with Crippen molar-refractivity contribution >= 4 is 10.0 Å². The molecule has 0 saturated carbocycles. The highest BCUT2D eigenvalue weighted by Crippen LogP contribution is 2.23. The SMILES string of the molecule is Cc1ccc(S(=O)(=O)N(CCN2CCCC2)C2CCNC2)cc1F. The molecule has 1 atom stereocenters. The fourth-order valence-electron chi connectivity index (χ4n) is 3.50. The van der Waals surface area contributed by atoms with Crippen molar-refractivity contribution in [2.75, 3.05) is 39.3 Å². The lowest BCUT2D eigenvalue weighted by Gasteiger charge is -2.29. The fraction of sp³-hybridized carbons (Fsp3) is 0.647. The highest BCUT2D eigenvalue weighted by molar-refractivity contribution is 7.89. The lowest BCUT2D eigenvalue weighted by Crippen LogP contribution is -2.45. The highest BCUT2D eigenvalue weighted by Gasteiger charge is 2.33. The fourth-order valence-corrected chi connectivity index (χ4v) is 5.16. The third kappa shape index (κ3) is 3.79. The van der Waals surface area contributed by atoms with Crippen molar-refractivity contribution in [1.29, 1.82) is 0 Å². The van der Waals surface area contributed by atoms with Crippen molar-refractivity contribution in [3.8, 4) is 0 Å². The Morgan fingerprint density at radius 3 is 2.71 bits per heavy atom. The predicted octanol–water partition coefficient (Wildman–Crippen LogP) is 1.58. The summed E-state index contributed by atoms with van der Waals surface area (Å²) in [6.07, 6.45) is 3.16. The van der Waals surface area contributed by atoms with Gasteiger partial charge in [-0.3, -0.25) is 0 Å². The lowest BCUT2D eigenvalue weighted by molar-refractivity contribution is 0.265. The largest absolute Gasteiger partial charge is 0.315 e. The number of nitrogens with one attached hydrogen (secondary N) is 1. The Hall–Kier alpha value is -1.02. The molecule has 0 bridgehead atoms. The van der Waals surface area contributed by atoms with Crippen LogP contribution in [0.2, 0.25) is 0 Å². The van der Waals surface area contributed by atoms with E-state index in [4.69, 9.17) is 0 Å². The molecule has 2 saturated heterocycles. The average Bonchev–Trinajstić information content (AvgIpc) is 3.23. The summed E-state index contributed by atoms with van der Waals surface area (Å²) in [5.41, 5.74) is 0.458. The van der Waals surface area contributed by atoms with Gasteiger partial charge >= 0.3 is 0 Å². The van der Waals surface area contributed by atoms with E-state index in [2.05, 4.69) is 10.2 Å². The Balaban J connectivity index is 1.82. The van der Waals surface area contributed by atoms with Gasteiger partial charge in [0.15, 0.2) is 0 Å². The molecule has 7 heteroatoms. The Bertz CT molecular complexity index is 668. The molecule has 0 radical (unpaired) electrons. The maximum atomic E-state index is 13.9. The minimum Gasteiger partial charge on any atom is -0.315 e. The number of likely N-dealkylation sites (tertiary alicyclic amines) is 1. The van der Waals surface area contributed by atoms with Gasteiger partial charge in [0, 0.05) is 25.7 Å². The van der Waals surface area contributed by atoms with Gasteiger partial charge in [0.25, 0.3) is 0 Å². The molecule has 24 heavy (non-hydrogen) atoms. The second kappa shape index (κ2) is 7.47. The first kappa shape index (κ1) is 17.8. The molecule has 0 spiro atoms. The monoisotopic (exact) mass is 355 g/mol. The zero-order valence-electron chi connectivity index (χ0n) is 14.2. The third-order valence-electron chi connectivity index (χ3n) is 5.03. The van der Waals surface area contributed by atoms with Crippen LogP contribution in [-0.4, -0.2) is 62.9 Å². The first-order valence-corrected chi connectivity index (χ1v) is 10.1. The minimum absolute atomic E-state index is 0.0537. The Morgan fingerprint density at radius 2 is 2.08 bits per heavy atom.